The van der Waals surface area contributed by atoms with Gasteiger partial charge in [-0.15, -0.1) is 0 Å². The molecule has 0 spiro atoms. The van der Waals surface area contributed by atoms with Gasteiger partial charge in [-0.3, -0.25) is 15.6 Å². The smallest absolute Gasteiger partial charge is 0.262 e. The third kappa shape index (κ3) is 4.92. The van der Waals surface area contributed by atoms with E-state index in [1.54, 1.807) is 6.08 Å². The molecule has 2 aliphatic rings. The van der Waals surface area contributed by atoms with Crippen LogP contribution >= 0.6 is 12.2 Å². The molecule has 3 rings (SSSR count). The summed E-state index contributed by atoms with van der Waals surface area (Å²) in [6, 6.07) is 3.16. The fourth-order valence-electron chi connectivity index (χ4n) is 4.18. The van der Waals surface area contributed by atoms with Crippen LogP contribution in [0, 0.1) is 25.7 Å². The third-order valence-corrected chi connectivity index (χ3v) is 6.39. The lowest BCUT2D eigenvalue weighted by molar-refractivity contribution is -0.116. The zero-order valence-electron chi connectivity index (χ0n) is 16.8. The van der Waals surface area contributed by atoms with Gasteiger partial charge >= 0.3 is 0 Å². The summed E-state index contributed by atoms with van der Waals surface area (Å²) >= 11 is 5.33. The van der Waals surface area contributed by atoms with Crippen molar-refractivity contribution in [3.63, 3.8) is 0 Å². The fourth-order valence-corrected chi connectivity index (χ4v) is 4.38. The summed E-state index contributed by atoms with van der Waals surface area (Å²) in [7, 11) is 0. The molecule has 1 amide bonds. The Kier molecular flexibility index (Phi) is 6.25. The van der Waals surface area contributed by atoms with Crippen molar-refractivity contribution in [2.75, 3.05) is 0 Å². The number of nitrogens with one attached hydrogen (secondary N) is 3. The summed E-state index contributed by atoms with van der Waals surface area (Å²) < 4.78 is 2.38. The molecule has 5 nitrogen and oxygen atoms in total. The van der Waals surface area contributed by atoms with E-state index in [0.29, 0.717) is 29.0 Å². The van der Waals surface area contributed by atoms with Crippen LogP contribution in [0.4, 0.5) is 0 Å². The van der Waals surface area contributed by atoms with E-state index in [1.807, 2.05) is 6.08 Å². The second kappa shape index (κ2) is 8.46. The molecule has 0 saturated heterocycles. The van der Waals surface area contributed by atoms with Gasteiger partial charge in [-0.25, -0.2) is 0 Å². The van der Waals surface area contributed by atoms with Crippen LogP contribution in [0.1, 0.15) is 68.9 Å². The number of aromatic nitrogens is 1. The number of hydrogen-bond donors (Lipinski definition) is 3. The summed E-state index contributed by atoms with van der Waals surface area (Å²) in [6.07, 6.45) is 9.57. The predicted molar refractivity (Wildman–Crippen MR) is 114 cm³/mol. The first-order chi connectivity index (χ1) is 12.9. The standard InChI is InChI=1S/C21H32N4OS/c1-13-6-5-7-19(15(13)3)22-21(27)24-23-20(26)11-8-17-12-14(2)25(16(17)4)18-9-10-18/h8,11-13,15,18-19H,5-7,9-10H2,1-4H3,(H,23,26)(H2,22,24,27)/b11-8+/t13-,15+,19-/m1/s1. The van der Waals surface area contributed by atoms with E-state index in [4.69, 9.17) is 12.2 Å². The maximum absolute atomic E-state index is 12.1. The monoisotopic (exact) mass is 388 g/mol. The summed E-state index contributed by atoms with van der Waals surface area (Å²) in [4.78, 5) is 12.1. The molecular weight excluding hydrogens is 356 g/mol. The number of hydrogen-bond acceptors (Lipinski definition) is 2. The van der Waals surface area contributed by atoms with Crippen LogP contribution in [0.2, 0.25) is 0 Å². The first-order valence-electron chi connectivity index (χ1n) is 10.1. The van der Waals surface area contributed by atoms with Crippen molar-refractivity contribution in [1.29, 1.82) is 0 Å². The van der Waals surface area contributed by atoms with Crippen LogP contribution in [0.15, 0.2) is 12.1 Å². The van der Waals surface area contributed by atoms with Gasteiger partial charge in [0, 0.05) is 29.5 Å². The van der Waals surface area contributed by atoms with E-state index in [-0.39, 0.29) is 5.91 Å². The second-order valence-electron chi connectivity index (χ2n) is 8.22. The lowest BCUT2D eigenvalue weighted by Gasteiger charge is -2.35. The number of thiocarbonyl (C=S) groups is 1. The van der Waals surface area contributed by atoms with E-state index in [9.17, 15) is 4.79 Å². The molecular formula is C21H32N4OS. The van der Waals surface area contributed by atoms with E-state index < -0.39 is 0 Å². The Balaban J connectivity index is 1.47. The largest absolute Gasteiger partial charge is 0.358 e. The first kappa shape index (κ1) is 19.9. The van der Waals surface area contributed by atoms with Crippen molar-refractivity contribution in [2.24, 2.45) is 11.8 Å². The molecule has 0 unspecified atom stereocenters. The Hall–Kier alpha value is -1.82. The second-order valence-corrected chi connectivity index (χ2v) is 8.63. The molecule has 148 valence electrons. The maximum Gasteiger partial charge on any atom is 0.262 e. The lowest BCUT2D eigenvalue weighted by Crippen LogP contribution is -2.52. The molecule has 1 aromatic rings. The molecule has 2 fully saturated rings. The third-order valence-electron chi connectivity index (χ3n) is 6.17. The van der Waals surface area contributed by atoms with Crippen molar-refractivity contribution in [3.05, 3.63) is 29.1 Å². The van der Waals surface area contributed by atoms with E-state index in [2.05, 4.69) is 54.5 Å². The van der Waals surface area contributed by atoms with Gasteiger partial charge in [-0.2, -0.15) is 0 Å². The Bertz CT molecular complexity index is 735. The highest BCUT2D eigenvalue weighted by Crippen LogP contribution is 2.38. The predicted octanol–water partition coefficient (Wildman–Crippen LogP) is 3.77. The maximum atomic E-state index is 12.1. The highest BCUT2D eigenvalue weighted by atomic mass is 32.1. The Morgan fingerprint density at radius 1 is 1.19 bits per heavy atom. The van der Waals surface area contributed by atoms with Gasteiger partial charge in [0.2, 0.25) is 0 Å². The Morgan fingerprint density at radius 3 is 2.63 bits per heavy atom. The van der Waals surface area contributed by atoms with Crippen molar-refractivity contribution in [3.8, 4) is 0 Å². The summed E-state index contributed by atoms with van der Waals surface area (Å²) in [5.41, 5.74) is 9.07. The minimum absolute atomic E-state index is 0.208. The number of hydrazine groups is 1. The molecule has 0 bridgehead atoms. The summed E-state index contributed by atoms with van der Waals surface area (Å²) in [6.45, 7) is 8.80. The average molecular weight is 389 g/mol. The molecule has 3 N–H and O–H groups in total. The van der Waals surface area contributed by atoms with Gasteiger partial charge < -0.3 is 9.88 Å². The zero-order chi connectivity index (χ0) is 19.6. The number of carbonyl (C=O) groups excluding carboxylic acids is 1. The topological polar surface area (TPSA) is 58.1 Å². The highest BCUT2D eigenvalue weighted by Gasteiger charge is 2.28. The molecule has 2 aliphatic carbocycles. The fraction of sp³-hybridized carbons (Fsp3) is 0.619. The minimum Gasteiger partial charge on any atom is -0.358 e. The first-order valence-corrected chi connectivity index (χ1v) is 10.5. The van der Waals surface area contributed by atoms with Crippen LogP contribution < -0.4 is 16.2 Å². The molecule has 27 heavy (non-hydrogen) atoms. The van der Waals surface area contributed by atoms with Crippen LogP contribution in [-0.2, 0) is 4.79 Å². The van der Waals surface area contributed by atoms with Crippen LogP contribution in [0.5, 0.6) is 0 Å². The van der Waals surface area contributed by atoms with Gasteiger partial charge in [-0.1, -0.05) is 26.7 Å². The van der Waals surface area contributed by atoms with Crippen molar-refractivity contribution < 1.29 is 4.79 Å². The molecule has 0 aromatic carbocycles. The van der Waals surface area contributed by atoms with Crippen LogP contribution in [0.25, 0.3) is 6.08 Å². The zero-order valence-corrected chi connectivity index (χ0v) is 17.7. The number of rotatable bonds is 4. The molecule has 1 aromatic heterocycles. The Labute approximate surface area is 167 Å². The molecule has 3 atom stereocenters. The van der Waals surface area contributed by atoms with Gasteiger partial charge in [0.1, 0.15) is 0 Å². The molecule has 2 saturated carbocycles. The molecule has 0 radical (unpaired) electrons. The highest BCUT2D eigenvalue weighted by molar-refractivity contribution is 7.80. The van der Waals surface area contributed by atoms with Gasteiger partial charge in [0.15, 0.2) is 5.11 Å². The van der Waals surface area contributed by atoms with E-state index in [1.165, 1.54) is 37.1 Å². The summed E-state index contributed by atoms with van der Waals surface area (Å²) in [5, 5.41) is 3.83. The van der Waals surface area contributed by atoms with Crippen molar-refractivity contribution in [1.82, 2.24) is 20.7 Å². The molecule has 6 heteroatoms. The van der Waals surface area contributed by atoms with E-state index in [0.717, 1.165) is 12.0 Å². The van der Waals surface area contributed by atoms with Gasteiger partial charge in [0.05, 0.1) is 0 Å². The minimum atomic E-state index is -0.208. The Morgan fingerprint density at radius 2 is 1.93 bits per heavy atom. The number of amides is 1. The number of nitrogens with zero attached hydrogens (tertiary/aromatic N) is 1. The SMILES string of the molecule is Cc1cc(/C=C/C(=O)NNC(=S)N[C@@H]2CCC[C@@H](C)[C@@H]2C)c(C)n1C1CC1. The summed E-state index contributed by atoms with van der Waals surface area (Å²) in [5.74, 6) is 1.07. The normalized spacial score (nSPS) is 25.4. The lowest BCUT2D eigenvalue weighted by atomic mass is 9.78. The van der Waals surface area contributed by atoms with Crippen LogP contribution in [0.3, 0.4) is 0 Å². The quantitative estimate of drug-likeness (QED) is 0.417. The van der Waals surface area contributed by atoms with Gasteiger partial charge in [0.25, 0.3) is 5.91 Å². The molecule has 1 heterocycles. The van der Waals surface area contributed by atoms with Crippen LogP contribution in [-0.4, -0.2) is 21.6 Å². The van der Waals surface area contributed by atoms with Gasteiger partial charge in [-0.05, 0) is 74.9 Å². The average Bonchev–Trinajstić information content (AvgIpc) is 3.41. The van der Waals surface area contributed by atoms with Crippen molar-refractivity contribution in [2.45, 2.75) is 71.9 Å². The number of aryl methyl sites for hydroxylation is 1. The molecule has 0 aliphatic heterocycles. The number of carbonyl (C=O) groups is 1. The van der Waals surface area contributed by atoms with E-state index >= 15 is 0 Å². The van der Waals surface area contributed by atoms with Crippen molar-refractivity contribution >= 4 is 29.3 Å².